The Morgan fingerprint density at radius 3 is 2.69 bits per heavy atom. The summed E-state index contributed by atoms with van der Waals surface area (Å²) < 4.78 is 5.20. The number of hydrogen-bond donors (Lipinski definition) is 2. The normalized spacial score (nSPS) is 10.4. The maximum atomic E-state index is 11.9. The molecule has 5 nitrogen and oxygen atoms in total. The van der Waals surface area contributed by atoms with Gasteiger partial charge in [-0.25, -0.2) is 5.48 Å². The summed E-state index contributed by atoms with van der Waals surface area (Å²) in [5.41, 5.74) is 1.40. The Balaban J connectivity index is 2.94. The van der Waals surface area contributed by atoms with Gasteiger partial charge in [0.2, 0.25) is 11.3 Å². The molecule has 0 unspecified atom stereocenters. The van der Waals surface area contributed by atoms with Crippen LogP contribution in [0.15, 0.2) is 33.5 Å². The molecule has 1 aromatic heterocycles. The van der Waals surface area contributed by atoms with E-state index >= 15 is 0 Å². The molecule has 0 aliphatic heterocycles. The molecule has 0 saturated carbocycles. The van der Waals surface area contributed by atoms with Crippen molar-refractivity contribution in [3.05, 3.63) is 40.1 Å². The number of rotatable bonds is 2. The van der Waals surface area contributed by atoms with Gasteiger partial charge in [-0.2, -0.15) is 0 Å². The minimum absolute atomic E-state index is 0.179. The van der Waals surface area contributed by atoms with E-state index in [9.17, 15) is 9.59 Å². The monoisotopic (exact) mass is 219 g/mol. The van der Waals surface area contributed by atoms with Gasteiger partial charge < -0.3 is 4.42 Å². The molecule has 0 saturated heterocycles. The molecule has 1 heterocycles. The Kier molecular flexibility index (Phi) is 2.46. The number of benzene rings is 1. The maximum Gasteiger partial charge on any atom is 0.231 e. The number of para-hydroxylation sites is 1. The van der Waals surface area contributed by atoms with Gasteiger partial charge in [-0.05, 0) is 19.1 Å². The lowest BCUT2D eigenvalue weighted by molar-refractivity contribution is 0.101. The molecule has 0 aliphatic rings. The van der Waals surface area contributed by atoms with E-state index < -0.39 is 11.2 Å². The second-order valence-corrected chi connectivity index (χ2v) is 3.30. The number of ketones is 1. The van der Waals surface area contributed by atoms with E-state index in [1.807, 2.05) is 0 Å². The minimum Gasteiger partial charge on any atom is -0.438 e. The fraction of sp³-hybridized carbons (Fsp3) is 0.0909. The van der Waals surface area contributed by atoms with Crippen LogP contribution < -0.4 is 10.9 Å². The first kappa shape index (κ1) is 10.4. The third kappa shape index (κ3) is 1.47. The van der Waals surface area contributed by atoms with E-state index in [4.69, 9.17) is 9.62 Å². The van der Waals surface area contributed by atoms with Crippen LogP contribution in [0.4, 0.5) is 5.88 Å². The molecule has 0 spiro atoms. The zero-order valence-electron chi connectivity index (χ0n) is 8.48. The van der Waals surface area contributed by atoms with Gasteiger partial charge in [0, 0.05) is 0 Å². The highest BCUT2D eigenvalue weighted by Gasteiger charge is 2.17. The van der Waals surface area contributed by atoms with E-state index in [-0.39, 0.29) is 11.4 Å². The van der Waals surface area contributed by atoms with Crippen molar-refractivity contribution >= 4 is 22.6 Å². The Labute approximate surface area is 90.3 Å². The van der Waals surface area contributed by atoms with Gasteiger partial charge in [-0.3, -0.25) is 14.8 Å². The van der Waals surface area contributed by atoms with Gasteiger partial charge in [0.05, 0.1) is 5.39 Å². The number of hydrogen-bond acceptors (Lipinski definition) is 5. The van der Waals surface area contributed by atoms with Crippen molar-refractivity contribution < 1.29 is 14.4 Å². The predicted molar refractivity (Wildman–Crippen MR) is 57.9 cm³/mol. The Morgan fingerprint density at radius 1 is 1.38 bits per heavy atom. The van der Waals surface area contributed by atoms with Crippen LogP contribution in [0.25, 0.3) is 11.0 Å². The third-order valence-corrected chi connectivity index (χ3v) is 2.25. The quantitative estimate of drug-likeness (QED) is 0.594. The first-order valence-corrected chi connectivity index (χ1v) is 4.62. The van der Waals surface area contributed by atoms with Crippen LogP contribution in [-0.2, 0) is 0 Å². The van der Waals surface area contributed by atoms with E-state index in [0.29, 0.717) is 11.0 Å². The summed E-state index contributed by atoms with van der Waals surface area (Å²) in [5.74, 6) is -0.688. The summed E-state index contributed by atoms with van der Waals surface area (Å²) in [6, 6.07) is 6.52. The first-order chi connectivity index (χ1) is 7.65. The summed E-state index contributed by atoms with van der Waals surface area (Å²) in [4.78, 5) is 23.2. The number of nitrogens with one attached hydrogen (secondary N) is 1. The van der Waals surface area contributed by atoms with Gasteiger partial charge >= 0.3 is 0 Å². The van der Waals surface area contributed by atoms with Crippen molar-refractivity contribution in [2.75, 3.05) is 5.48 Å². The number of carbonyl (C=O) groups is 1. The van der Waals surface area contributed by atoms with Crippen LogP contribution in [-0.4, -0.2) is 11.0 Å². The fourth-order valence-corrected chi connectivity index (χ4v) is 1.54. The molecule has 2 aromatic rings. The van der Waals surface area contributed by atoms with Crippen LogP contribution in [0.3, 0.4) is 0 Å². The molecule has 0 fully saturated rings. The molecular formula is C11H9NO4. The number of Topliss-reactive ketones (excluding diaryl/α,β-unsaturated/α-hetero) is 1. The van der Waals surface area contributed by atoms with Crippen LogP contribution in [0, 0.1) is 0 Å². The Morgan fingerprint density at radius 2 is 2.06 bits per heavy atom. The second kappa shape index (κ2) is 3.79. The number of anilines is 1. The Hall–Kier alpha value is -2.14. The molecule has 82 valence electrons. The standard InChI is InChI=1S/C11H9NO4/c1-6(13)9-10(14)7-4-2-3-5-8(7)16-11(9)12-15/h2-5,12,15H,1H3. The van der Waals surface area contributed by atoms with Crippen molar-refractivity contribution in [2.45, 2.75) is 6.92 Å². The lowest BCUT2D eigenvalue weighted by Gasteiger charge is -2.05. The molecule has 16 heavy (non-hydrogen) atoms. The Bertz CT molecular complexity index is 615. The average molecular weight is 219 g/mol. The van der Waals surface area contributed by atoms with Gasteiger partial charge in [-0.15, -0.1) is 0 Å². The zero-order valence-corrected chi connectivity index (χ0v) is 8.48. The van der Waals surface area contributed by atoms with E-state index in [1.165, 1.54) is 6.92 Å². The molecular weight excluding hydrogens is 210 g/mol. The van der Waals surface area contributed by atoms with Crippen LogP contribution in [0.1, 0.15) is 17.3 Å². The van der Waals surface area contributed by atoms with Gasteiger partial charge in [0.15, 0.2) is 5.78 Å². The average Bonchev–Trinajstić information content (AvgIpc) is 2.28. The zero-order chi connectivity index (χ0) is 11.7. The van der Waals surface area contributed by atoms with E-state index in [2.05, 4.69) is 0 Å². The van der Waals surface area contributed by atoms with Crippen LogP contribution >= 0.6 is 0 Å². The molecule has 0 atom stereocenters. The van der Waals surface area contributed by atoms with E-state index in [0.717, 1.165) is 0 Å². The predicted octanol–water partition coefficient (Wildman–Crippen LogP) is 1.80. The van der Waals surface area contributed by atoms with Crippen LogP contribution in [0.5, 0.6) is 0 Å². The highest BCUT2D eigenvalue weighted by Crippen LogP contribution is 2.19. The molecule has 2 rings (SSSR count). The highest BCUT2D eigenvalue weighted by atomic mass is 16.5. The smallest absolute Gasteiger partial charge is 0.231 e. The molecule has 1 aromatic carbocycles. The van der Waals surface area contributed by atoms with Crippen LogP contribution in [0.2, 0.25) is 0 Å². The molecule has 0 bridgehead atoms. The number of carbonyl (C=O) groups excluding carboxylic acids is 1. The summed E-state index contributed by atoms with van der Waals surface area (Å²) >= 11 is 0. The largest absolute Gasteiger partial charge is 0.438 e. The van der Waals surface area contributed by atoms with Crippen molar-refractivity contribution in [1.29, 1.82) is 0 Å². The molecule has 0 aliphatic carbocycles. The summed E-state index contributed by atoms with van der Waals surface area (Å²) in [7, 11) is 0. The molecule has 2 N–H and O–H groups in total. The number of fused-ring (bicyclic) bond motifs is 1. The lowest BCUT2D eigenvalue weighted by Crippen LogP contribution is -2.16. The second-order valence-electron chi connectivity index (χ2n) is 3.30. The van der Waals surface area contributed by atoms with Gasteiger partial charge in [-0.1, -0.05) is 12.1 Å². The van der Waals surface area contributed by atoms with Crippen molar-refractivity contribution in [2.24, 2.45) is 0 Å². The maximum absolute atomic E-state index is 11.9. The van der Waals surface area contributed by atoms with E-state index in [1.54, 1.807) is 29.7 Å². The topological polar surface area (TPSA) is 79.5 Å². The highest BCUT2D eigenvalue weighted by molar-refractivity contribution is 6.00. The summed E-state index contributed by atoms with van der Waals surface area (Å²) in [6.07, 6.45) is 0. The third-order valence-electron chi connectivity index (χ3n) is 2.25. The summed E-state index contributed by atoms with van der Waals surface area (Å²) in [6.45, 7) is 1.24. The van der Waals surface area contributed by atoms with Gasteiger partial charge in [0.25, 0.3) is 0 Å². The van der Waals surface area contributed by atoms with Crippen molar-refractivity contribution in [3.63, 3.8) is 0 Å². The SMILES string of the molecule is CC(=O)c1c(NO)oc2ccccc2c1=O. The fourth-order valence-electron chi connectivity index (χ4n) is 1.54. The minimum atomic E-state index is -0.462. The summed E-state index contributed by atoms with van der Waals surface area (Å²) in [5, 5.41) is 9.13. The van der Waals surface area contributed by atoms with Gasteiger partial charge in [0.1, 0.15) is 11.1 Å². The van der Waals surface area contributed by atoms with Crippen molar-refractivity contribution in [3.8, 4) is 0 Å². The lowest BCUT2D eigenvalue weighted by atomic mass is 10.1. The molecule has 0 radical (unpaired) electrons. The molecule has 5 heteroatoms. The molecule has 0 amide bonds. The van der Waals surface area contributed by atoms with Crippen molar-refractivity contribution in [1.82, 2.24) is 0 Å². The first-order valence-electron chi connectivity index (χ1n) is 4.62.